The summed E-state index contributed by atoms with van der Waals surface area (Å²) in [6.07, 6.45) is 3.24. The number of nitrogens with zero attached hydrogens (tertiary/aromatic N) is 4. The van der Waals surface area contributed by atoms with Crippen LogP contribution in [0.25, 0.3) is 10.9 Å². The molecule has 1 aliphatic heterocycles. The molecular formula is C24H32N4O3S. The van der Waals surface area contributed by atoms with Crippen molar-refractivity contribution in [1.29, 1.82) is 0 Å². The summed E-state index contributed by atoms with van der Waals surface area (Å²) < 4.78 is 1.87. The lowest BCUT2D eigenvalue weighted by atomic mass is 9.78. The maximum Gasteiger partial charge on any atom is 0.262 e. The first kappa shape index (κ1) is 22.8. The van der Waals surface area contributed by atoms with Gasteiger partial charge in [0.25, 0.3) is 5.56 Å². The number of piperazine rings is 1. The van der Waals surface area contributed by atoms with Crippen LogP contribution in [0.3, 0.4) is 0 Å². The molecule has 8 heteroatoms. The van der Waals surface area contributed by atoms with E-state index < -0.39 is 0 Å². The van der Waals surface area contributed by atoms with Crippen molar-refractivity contribution in [2.45, 2.75) is 51.2 Å². The molecule has 0 N–H and O–H groups in total. The molecule has 4 rings (SSSR count). The van der Waals surface area contributed by atoms with Crippen LogP contribution in [0.15, 0.2) is 34.2 Å². The fraction of sp³-hybridized carbons (Fsp3) is 0.583. The van der Waals surface area contributed by atoms with Crippen LogP contribution >= 0.6 is 11.8 Å². The number of aromatic nitrogens is 2. The number of thioether (sulfide) groups is 1. The lowest BCUT2D eigenvalue weighted by Crippen LogP contribution is -2.50. The minimum atomic E-state index is -0.00780. The number of carbonyl (C=O) groups is 2. The van der Waals surface area contributed by atoms with Crippen molar-refractivity contribution in [2.75, 3.05) is 31.9 Å². The molecule has 172 valence electrons. The Bertz CT molecular complexity index is 1060. The van der Waals surface area contributed by atoms with E-state index in [4.69, 9.17) is 4.98 Å². The first-order valence-electron chi connectivity index (χ1n) is 11.5. The van der Waals surface area contributed by atoms with Crippen molar-refractivity contribution in [3.8, 4) is 0 Å². The molecule has 0 unspecified atom stereocenters. The molecule has 2 aromatic rings. The monoisotopic (exact) mass is 456 g/mol. The Morgan fingerprint density at radius 1 is 1.06 bits per heavy atom. The predicted molar refractivity (Wildman–Crippen MR) is 127 cm³/mol. The van der Waals surface area contributed by atoms with E-state index in [-0.39, 0.29) is 29.2 Å². The third-order valence-corrected chi connectivity index (χ3v) is 8.11. The summed E-state index contributed by atoms with van der Waals surface area (Å²) in [5, 5.41) is 1.27. The highest BCUT2D eigenvalue weighted by molar-refractivity contribution is 7.99. The number of amides is 2. The van der Waals surface area contributed by atoms with Gasteiger partial charge in [0.2, 0.25) is 11.8 Å². The smallest absolute Gasteiger partial charge is 0.262 e. The van der Waals surface area contributed by atoms with Crippen LogP contribution in [0.5, 0.6) is 0 Å². The van der Waals surface area contributed by atoms with Crippen molar-refractivity contribution in [3.05, 3.63) is 34.6 Å². The first-order valence-corrected chi connectivity index (χ1v) is 12.5. The number of para-hydroxylation sites is 1. The van der Waals surface area contributed by atoms with Gasteiger partial charge in [0.15, 0.2) is 5.16 Å². The average Bonchev–Trinajstić information content (AvgIpc) is 2.80. The highest BCUT2D eigenvalue weighted by Gasteiger charge is 2.32. The van der Waals surface area contributed by atoms with Gasteiger partial charge in [-0.15, -0.1) is 0 Å². The van der Waals surface area contributed by atoms with E-state index in [1.54, 1.807) is 16.7 Å². The molecule has 1 saturated heterocycles. The highest BCUT2D eigenvalue weighted by Crippen LogP contribution is 2.38. The van der Waals surface area contributed by atoms with Crippen LogP contribution in [0, 0.1) is 11.8 Å². The lowest BCUT2D eigenvalue weighted by Gasteiger charge is -2.36. The molecule has 1 aliphatic carbocycles. The molecular weight excluding hydrogens is 424 g/mol. The normalized spacial score (nSPS) is 24.0. The van der Waals surface area contributed by atoms with Gasteiger partial charge >= 0.3 is 0 Å². The van der Waals surface area contributed by atoms with Gasteiger partial charge in [-0.05, 0) is 30.4 Å². The zero-order valence-corrected chi connectivity index (χ0v) is 19.9. The van der Waals surface area contributed by atoms with Crippen molar-refractivity contribution in [2.24, 2.45) is 11.8 Å². The summed E-state index contributed by atoms with van der Waals surface area (Å²) in [6, 6.07) is 7.56. The molecule has 3 atom stereocenters. The van der Waals surface area contributed by atoms with E-state index in [0.717, 1.165) is 12.8 Å². The second kappa shape index (κ2) is 9.65. The van der Waals surface area contributed by atoms with Crippen LogP contribution in [-0.4, -0.2) is 63.1 Å². The first-order chi connectivity index (χ1) is 15.4. The predicted octanol–water partition coefficient (Wildman–Crippen LogP) is 3.18. The zero-order valence-electron chi connectivity index (χ0n) is 19.1. The number of fused-ring (bicyclic) bond motifs is 1. The van der Waals surface area contributed by atoms with Crippen LogP contribution in [0.1, 0.15) is 46.1 Å². The van der Waals surface area contributed by atoms with Gasteiger partial charge in [-0.2, -0.15) is 0 Å². The Balaban J connectivity index is 1.58. The summed E-state index contributed by atoms with van der Waals surface area (Å²) in [5.41, 5.74) is 0.668. The Hall–Kier alpha value is -2.35. The van der Waals surface area contributed by atoms with Crippen molar-refractivity contribution in [3.63, 3.8) is 0 Å². The van der Waals surface area contributed by atoms with Crippen LogP contribution in [0.4, 0.5) is 0 Å². The van der Waals surface area contributed by atoms with Gasteiger partial charge in [0.05, 0.1) is 16.7 Å². The molecule has 1 aromatic carbocycles. The molecule has 1 aromatic heterocycles. The Kier molecular flexibility index (Phi) is 6.88. The van der Waals surface area contributed by atoms with Gasteiger partial charge in [-0.1, -0.05) is 50.6 Å². The van der Waals surface area contributed by atoms with Crippen LogP contribution in [-0.2, 0) is 9.59 Å². The number of hydrogen-bond donors (Lipinski definition) is 0. The third-order valence-electron chi connectivity index (χ3n) is 7.17. The van der Waals surface area contributed by atoms with Crippen molar-refractivity contribution in [1.82, 2.24) is 19.4 Å². The summed E-state index contributed by atoms with van der Waals surface area (Å²) in [4.78, 5) is 46.4. The van der Waals surface area contributed by atoms with Gasteiger partial charge < -0.3 is 9.80 Å². The molecule has 2 heterocycles. The highest BCUT2D eigenvalue weighted by atomic mass is 32.2. The topological polar surface area (TPSA) is 75.5 Å². The van der Waals surface area contributed by atoms with Gasteiger partial charge in [0.1, 0.15) is 0 Å². The van der Waals surface area contributed by atoms with E-state index in [9.17, 15) is 14.4 Å². The molecule has 2 fully saturated rings. The second-order valence-corrected chi connectivity index (χ2v) is 10.0. The maximum absolute atomic E-state index is 13.5. The minimum absolute atomic E-state index is 0.00780. The number of benzene rings is 1. The fourth-order valence-electron chi connectivity index (χ4n) is 4.93. The second-order valence-electron chi connectivity index (χ2n) is 9.10. The molecule has 2 amide bonds. The number of hydrogen-bond acceptors (Lipinski definition) is 5. The van der Waals surface area contributed by atoms with Gasteiger partial charge in [-0.25, -0.2) is 4.98 Å². The SMILES string of the molecule is CC(=O)N1CCN(C(=O)CSc2nc3ccccc3c(=O)n2[C@@H]2CCC[C@H](C)[C@@H]2C)CC1. The van der Waals surface area contributed by atoms with E-state index in [1.165, 1.54) is 18.2 Å². The summed E-state index contributed by atoms with van der Waals surface area (Å²) >= 11 is 1.36. The minimum Gasteiger partial charge on any atom is -0.339 e. The number of carbonyl (C=O) groups excluding carboxylic acids is 2. The van der Waals surface area contributed by atoms with Crippen LogP contribution < -0.4 is 5.56 Å². The largest absolute Gasteiger partial charge is 0.339 e. The van der Waals surface area contributed by atoms with E-state index >= 15 is 0 Å². The Morgan fingerprint density at radius 2 is 1.75 bits per heavy atom. The molecule has 0 radical (unpaired) electrons. The summed E-state index contributed by atoms with van der Waals surface area (Å²) in [5.74, 6) is 1.23. The standard InChI is InChI=1S/C24H32N4O3S/c1-16-7-6-10-21(17(16)2)28-23(31)19-8-4-5-9-20(19)25-24(28)32-15-22(30)27-13-11-26(12-14-27)18(3)29/h4-5,8-9,16-17,21H,6-7,10-15H2,1-3H3/t16-,17-,21+/m0/s1. The molecule has 0 bridgehead atoms. The molecule has 1 saturated carbocycles. The van der Waals surface area contributed by atoms with Gasteiger partial charge in [0, 0.05) is 39.1 Å². The van der Waals surface area contributed by atoms with Crippen molar-refractivity contribution >= 4 is 34.5 Å². The summed E-state index contributed by atoms with van der Waals surface area (Å²) in [7, 11) is 0. The average molecular weight is 457 g/mol. The zero-order chi connectivity index (χ0) is 22.8. The fourth-order valence-corrected chi connectivity index (χ4v) is 5.88. The molecule has 7 nitrogen and oxygen atoms in total. The molecule has 32 heavy (non-hydrogen) atoms. The maximum atomic E-state index is 13.5. The van der Waals surface area contributed by atoms with E-state index in [2.05, 4.69) is 13.8 Å². The lowest BCUT2D eigenvalue weighted by molar-refractivity contribution is -0.136. The van der Waals surface area contributed by atoms with Gasteiger partial charge in [-0.3, -0.25) is 19.0 Å². The quantitative estimate of drug-likeness (QED) is 0.522. The van der Waals surface area contributed by atoms with E-state index in [1.807, 2.05) is 28.8 Å². The van der Waals surface area contributed by atoms with Crippen molar-refractivity contribution < 1.29 is 9.59 Å². The number of rotatable bonds is 4. The summed E-state index contributed by atoms with van der Waals surface area (Å²) in [6.45, 7) is 8.29. The van der Waals surface area contributed by atoms with E-state index in [0.29, 0.717) is 54.1 Å². The Labute approximate surface area is 193 Å². The Morgan fingerprint density at radius 3 is 2.47 bits per heavy atom. The molecule has 2 aliphatic rings. The third kappa shape index (κ3) is 4.56. The van der Waals surface area contributed by atoms with Crippen LogP contribution in [0.2, 0.25) is 0 Å². The molecule has 0 spiro atoms.